The molecule has 0 bridgehead atoms. The van der Waals surface area contributed by atoms with Crippen molar-refractivity contribution in [1.29, 1.82) is 0 Å². The summed E-state index contributed by atoms with van der Waals surface area (Å²) in [6.45, 7) is 8.59. The number of aryl methyl sites for hydroxylation is 2. The van der Waals surface area contributed by atoms with Crippen LogP contribution in [0.3, 0.4) is 0 Å². The summed E-state index contributed by atoms with van der Waals surface area (Å²) in [5.74, 6) is 3.41. The van der Waals surface area contributed by atoms with Crippen LogP contribution in [0.1, 0.15) is 30.8 Å². The largest absolute Gasteiger partial charge is 0.466 e. The molecule has 114 valence electrons. The second-order valence-electron chi connectivity index (χ2n) is 6.12. The first kappa shape index (κ1) is 14.3. The zero-order chi connectivity index (χ0) is 15.0. The maximum absolute atomic E-state index is 6.07. The summed E-state index contributed by atoms with van der Waals surface area (Å²) in [6.07, 6.45) is 1.08. The Balaban J connectivity index is 1.72. The van der Waals surface area contributed by atoms with Crippen LogP contribution in [0, 0.1) is 19.8 Å². The van der Waals surface area contributed by atoms with E-state index >= 15 is 0 Å². The fourth-order valence-electron chi connectivity index (χ4n) is 3.10. The van der Waals surface area contributed by atoms with Crippen LogP contribution in [0.4, 0.5) is 0 Å². The van der Waals surface area contributed by atoms with Crippen LogP contribution in [-0.4, -0.2) is 34.2 Å². The summed E-state index contributed by atoms with van der Waals surface area (Å²) in [4.78, 5) is 2.28. The molecular weight excluding hydrogens is 268 g/mol. The van der Waals surface area contributed by atoms with Crippen LogP contribution in [0.25, 0.3) is 11.5 Å². The van der Waals surface area contributed by atoms with Crippen LogP contribution < -0.4 is 5.73 Å². The van der Waals surface area contributed by atoms with Gasteiger partial charge in [0.15, 0.2) is 0 Å². The Kier molecular flexibility index (Phi) is 3.82. The molecule has 0 radical (unpaired) electrons. The van der Waals surface area contributed by atoms with Crippen LogP contribution in [0.5, 0.6) is 0 Å². The molecule has 1 saturated heterocycles. The Hall–Kier alpha value is -1.66. The van der Waals surface area contributed by atoms with E-state index in [-0.39, 0.29) is 6.04 Å². The van der Waals surface area contributed by atoms with Gasteiger partial charge in [-0.3, -0.25) is 4.90 Å². The number of nitrogens with zero attached hydrogens (tertiary/aromatic N) is 3. The lowest BCUT2D eigenvalue weighted by Crippen LogP contribution is -2.45. The van der Waals surface area contributed by atoms with E-state index in [4.69, 9.17) is 14.6 Å². The quantitative estimate of drug-likeness (QED) is 0.932. The van der Waals surface area contributed by atoms with Crippen molar-refractivity contribution in [3.63, 3.8) is 0 Å². The molecule has 0 aliphatic carbocycles. The van der Waals surface area contributed by atoms with Gasteiger partial charge in [-0.2, -0.15) is 0 Å². The minimum absolute atomic E-state index is 0.231. The van der Waals surface area contributed by atoms with Gasteiger partial charge < -0.3 is 14.6 Å². The van der Waals surface area contributed by atoms with E-state index in [0.29, 0.717) is 24.2 Å². The molecule has 1 aliphatic heterocycles. The molecule has 6 nitrogen and oxygen atoms in total. The molecule has 0 saturated carbocycles. The molecule has 2 unspecified atom stereocenters. The second kappa shape index (κ2) is 5.61. The van der Waals surface area contributed by atoms with Crippen LogP contribution in [-0.2, 0) is 6.54 Å². The lowest BCUT2D eigenvalue weighted by Gasteiger charge is -2.33. The molecule has 1 aliphatic rings. The lowest BCUT2D eigenvalue weighted by atomic mass is 9.97. The molecule has 1 fully saturated rings. The number of aromatic nitrogens is 2. The van der Waals surface area contributed by atoms with Gasteiger partial charge in [-0.05, 0) is 32.3 Å². The van der Waals surface area contributed by atoms with Gasteiger partial charge in [0, 0.05) is 19.1 Å². The second-order valence-corrected chi connectivity index (χ2v) is 6.12. The third kappa shape index (κ3) is 3.16. The van der Waals surface area contributed by atoms with Gasteiger partial charge in [0.2, 0.25) is 5.89 Å². The Morgan fingerprint density at radius 2 is 2.10 bits per heavy atom. The SMILES string of the molecule is Cc1cc(-c2nnc(CN3CC(C)CC(N)C3)o2)c(C)o1. The van der Waals surface area contributed by atoms with E-state index in [1.54, 1.807) is 0 Å². The van der Waals surface area contributed by atoms with E-state index in [0.717, 1.165) is 36.6 Å². The first-order chi connectivity index (χ1) is 10.0. The van der Waals surface area contributed by atoms with Crippen molar-refractivity contribution in [2.24, 2.45) is 11.7 Å². The van der Waals surface area contributed by atoms with Gasteiger partial charge in [-0.1, -0.05) is 6.92 Å². The fraction of sp³-hybridized carbons (Fsp3) is 0.600. The van der Waals surface area contributed by atoms with Crippen molar-refractivity contribution in [2.45, 2.75) is 39.8 Å². The summed E-state index contributed by atoms with van der Waals surface area (Å²) in [5.41, 5.74) is 6.94. The zero-order valence-corrected chi connectivity index (χ0v) is 12.8. The minimum atomic E-state index is 0.231. The summed E-state index contributed by atoms with van der Waals surface area (Å²) in [6, 6.07) is 2.15. The number of likely N-dealkylation sites (tertiary alicyclic amines) is 1. The average molecular weight is 290 g/mol. The Morgan fingerprint density at radius 3 is 2.76 bits per heavy atom. The van der Waals surface area contributed by atoms with Crippen molar-refractivity contribution >= 4 is 0 Å². The predicted octanol–water partition coefficient (Wildman–Crippen LogP) is 2.12. The van der Waals surface area contributed by atoms with Gasteiger partial charge in [0.25, 0.3) is 5.89 Å². The molecule has 3 rings (SSSR count). The summed E-state index contributed by atoms with van der Waals surface area (Å²) in [7, 11) is 0. The molecule has 2 N–H and O–H groups in total. The summed E-state index contributed by atoms with van der Waals surface area (Å²) in [5, 5.41) is 8.28. The highest BCUT2D eigenvalue weighted by atomic mass is 16.4. The van der Waals surface area contributed by atoms with Crippen molar-refractivity contribution in [3.8, 4) is 11.5 Å². The van der Waals surface area contributed by atoms with Crippen LogP contribution in [0.2, 0.25) is 0 Å². The van der Waals surface area contributed by atoms with Crippen molar-refractivity contribution in [3.05, 3.63) is 23.5 Å². The number of piperidine rings is 1. The zero-order valence-electron chi connectivity index (χ0n) is 12.8. The molecule has 2 atom stereocenters. The number of hydrogen-bond acceptors (Lipinski definition) is 6. The maximum Gasteiger partial charge on any atom is 0.251 e. The van der Waals surface area contributed by atoms with Gasteiger partial charge in [-0.15, -0.1) is 10.2 Å². The third-order valence-corrected chi connectivity index (χ3v) is 3.86. The standard InChI is InChI=1S/C15H22N4O2/c1-9-4-12(16)7-19(6-9)8-14-17-18-15(21-14)13-5-10(2)20-11(13)3/h5,9,12H,4,6-8,16H2,1-3H3. The normalized spacial score (nSPS) is 23.6. The smallest absolute Gasteiger partial charge is 0.251 e. The molecule has 2 aromatic rings. The molecule has 6 heteroatoms. The molecule has 21 heavy (non-hydrogen) atoms. The van der Waals surface area contributed by atoms with Crippen molar-refractivity contribution in [1.82, 2.24) is 15.1 Å². The van der Waals surface area contributed by atoms with Crippen molar-refractivity contribution < 1.29 is 8.83 Å². The Morgan fingerprint density at radius 1 is 1.29 bits per heavy atom. The number of nitrogens with two attached hydrogens (primary N) is 1. The van der Waals surface area contributed by atoms with Gasteiger partial charge in [0.1, 0.15) is 11.5 Å². The van der Waals surface area contributed by atoms with Crippen molar-refractivity contribution in [2.75, 3.05) is 13.1 Å². The maximum atomic E-state index is 6.07. The highest BCUT2D eigenvalue weighted by Crippen LogP contribution is 2.26. The van der Waals surface area contributed by atoms with Crippen LogP contribution >= 0.6 is 0 Å². The van der Waals surface area contributed by atoms with E-state index in [9.17, 15) is 0 Å². The molecule has 0 aromatic carbocycles. The Bertz CT molecular complexity index is 609. The Labute approximate surface area is 124 Å². The van der Waals surface area contributed by atoms with Gasteiger partial charge in [-0.25, -0.2) is 0 Å². The van der Waals surface area contributed by atoms with E-state index in [1.807, 2.05) is 19.9 Å². The minimum Gasteiger partial charge on any atom is -0.466 e. The molecule has 2 aromatic heterocycles. The highest BCUT2D eigenvalue weighted by Gasteiger charge is 2.24. The number of rotatable bonds is 3. The molecule has 3 heterocycles. The molecule has 0 spiro atoms. The first-order valence-electron chi connectivity index (χ1n) is 7.39. The van der Waals surface area contributed by atoms with E-state index in [1.165, 1.54) is 0 Å². The fourth-order valence-corrected chi connectivity index (χ4v) is 3.10. The van der Waals surface area contributed by atoms with Crippen LogP contribution in [0.15, 0.2) is 14.9 Å². The average Bonchev–Trinajstić information content (AvgIpc) is 2.94. The predicted molar refractivity (Wildman–Crippen MR) is 78.5 cm³/mol. The molecule has 0 amide bonds. The van der Waals surface area contributed by atoms with E-state index < -0.39 is 0 Å². The summed E-state index contributed by atoms with van der Waals surface area (Å²) >= 11 is 0. The van der Waals surface area contributed by atoms with Gasteiger partial charge in [0.05, 0.1) is 12.1 Å². The molecular formula is C15H22N4O2. The number of furan rings is 1. The number of hydrogen-bond donors (Lipinski definition) is 1. The topological polar surface area (TPSA) is 81.3 Å². The van der Waals surface area contributed by atoms with E-state index in [2.05, 4.69) is 22.0 Å². The monoisotopic (exact) mass is 290 g/mol. The third-order valence-electron chi connectivity index (χ3n) is 3.86. The summed E-state index contributed by atoms with van der Waals surface area (Å²) < 4.78 is 11.3. The van der Waals surface area contributed by atoms with Gasteiger partial charge >= 0.3 is 0 Å². The highest BCUT2D eigenvalue weighted by molar-refractivity contribution is 5.55. The first-order valence-corrected chi connectivity index (χ1v) is 7.39. The lowest BCUT2D eigenvalue weighted by molar-refractivity contribution is 0.146.